The SMILES string of the molecule is CC(O)NS(=O)(=O)N1CCCCC1. The molecule has 5 nitrogen and oxygen atoms in total. The van der Waals surface area contributed by atoms with Crippen molar-refractivity contribution in [2.75, 3.05) is 13.1 Å². The van der Waals surface area contributed by atoms with Gasteiger partial charge in [-0.25, -0.2) is 0 Å². The van der Waals surface area contributed by atoms with E-state index in [0.29, 0.717) is 13.1 Å². The van der Waals surface area contributed by atoms with Gasteiger partial charge in [0.25, 0.3) is 10.2 Å². The van der Waals surface area contributed by atoms with Crippen molar-refractivity contribution >= 4 is 10.2 Å². The highest BCUT2D eigenvalue weighted by Gasteiger charge is 2.24. The smallest absolute Gasteiger partial charge is 0.281 e. The summed E-state index contributed by atoms with van der Waals surface area (Å²) in [6.45, 7) is 2.51. The van der Waals surface area contributed by atoms with Crippen LogP contribution in [0.1, 0.15) is 26.2 Å². The third-order valence-corrected chi connectivity index (χ3v) is 3.66. The van der Waals surface area contributed by atoms with Crippen LogP contribution < -0.4 is 4.72 Å². The molecule has 13 heavy (non-hydrogen) atoms. The van der Waals surface area contributed by atoms with Crippen LogP contribution in [0.25, 0.3) is 0 Å². The highest BCUT2D eigenvalue weighted by molar-refractivity contribution is 7.87. The van der Waals surface area contributed by atoms with Crippen molar-refractivity contribution in [3.05, 3.63) is 0 Å². The van der Waals surface area contributed by atoms with Gasteiger partial charge in [0.15, 0.2) is 0 Å². The van der Waals surface area contributed by atoms with Crippen LogP contribution in [0.2, 0.25) is 0 Å². The minimum Gasteiger partial charge on any atom is -0.378 e. The monoisotopic (exact) mass is 208 g/mol. The van der Waals surface area contributed by atoms with Gasteiger partial charge in [0.05, 0.1) is 0 Å². The van der Waals surface area contributed by atoms with Crippen LogP contribution in [0.15, 0.2) is 0 Å². The lowest BCUT2D eigenvalue weighted by atomic mass is 10.2. The number of piperidine rings is 1. The van der Waals surface area contributed by atoms with Gasteiger partial charge in [-0.3, -0.25) is 0 Å². The first kappa shape index (κ1) is 10.9. The molecule has 1 unspecified atom stereocenters. The van der Waals surface area contributed by atoms with Crippen molar-refractivity contribution in [2.45, 2.75) is 32.4 Å². The number of hydrogen-bond acceptors (Lipinski definition) is 3. The van der Waals surface area contributed by atoms with E-state index in [2.05, 4.69) is 4.72 Å². The van der Waals surface area contributed by atoms with Gasteiger partial charge in [0, 0.05) is 13.1 Å². The maximum Gasteiger partial charge on any atom is 0.281 e. The first-order chi connectivity index (χ1) is 6.02. The molecule has 1 heterocycles. The molecular weight excluding hydrogens is 192 g/mol. The minimum absolute atomic E-state index is 0.558. The maximum absolute atomic E-state index is 11.5. The Hall–Kier alpha value is -0.170. The lowest BCUT2D eigenvalue weighted by Gasteiger charge is -2.26. The Morgan fingerprint density at radius 1 is 1.31 bits per heavy atom. The Balaban J connectivity index is 2.57. The first-order valence-corrected chi connectivity index (χ1v) is 5.92. The van der Waals surface area contributed by atoms with Gasteiger partial charge in [-0.1, -0.05) is 6.42 Å². The Kier molecular flexibility index (Phi) is 3.66. The van der Waals surface area contributed by atoms with Gasteiger partial charge in [-0.2, -0.15) is 17.4 Å². The molecule has 1 saturated heterocycles. The summed E-state index contributed by atoms with van der Waals surface area (Å²) >= 11 is 0. The van der Waals surface area contributed by atoms with Crippen molar-refractivity contribution in [3.8, 4) is 0 Å². The maximum atomic E-state index is 11.5. The van der Waals surface area contributed by atoms with Gasteiger partial charge in [0.1, 0.15) is 6.23 Å². The second-order valence-electron chi connectivity index (χ2n) is 3.26. The summed E-state index contributed by atoms with van der Waals surface area (Å²) in [7, 11) is -3.45. The van der Waals surface area contributed by atoms with Crippen molar-refractivity contribution in [1.29, 1.82) is 0 Å². The molecule has 1 aliphatic rings. The third-order valence-electron chi connectivity index (χ3n) is 1.97. The molecule has 0 aromatic heterocycles. The summed E-state index contributed by atoms with van der Waals surface area (Å²) in [4.78, 5) is 0. The predicted octanol–water partition coefficient (Wildman–Crippen LogP) is -0.355. The molecule has 0 bridgehead atoms. The van der Waals surface area contributed by atoms with Crippen LogP contribution in [0.3, 0.4) is 0 Å². The van der Waals surface area contributed by atoms with Gasteiger partial charge >= 0.3 is 0 Å². The molecule has 78 valence electrons. The average molecular weight is 208 g/mol. The molecule has 0 aromatic rings. The van der Waals surface area contributed by atoms with E-state index < -0.39 is 16.4 Å². The zero-order valence-electron chi connectivity index (χ0n) is 7.73. The van der Waals surface area contributed by atoms with Crippen LogP contribution >= 0.6 is 0 Å². The second-order valence-corrected chi connectivity index (χ2v) is 4.96. The molecule has 0 saturated carbocycles. The van der Waals surface area contributed by atoms with Gasteiger partial charge < -0.3 is 5.11 Å². The topological polar surface area (TPSA) is 69.6 Å². The summed E-state index contributed by atoms with van der Waals surface area (Å²) in [6, 6.07) is 0. The van der Waals surface area contributed by atoms with Crippen LogP contribution in [-0.4, -0.2) is 37.1 Å². The molecule has 0 aromatic carbocycles. The zero-order valence-corrected chi connectivity index (χ0v) is 8.55. The number of aliphatic hydroxyl groups is 1. The fourth-order valence-electron chi connectivity index (χ4n) is 1.40. The van der Waals surface area contributed by atoms with Gasteiger partial charge in [-0.05, 0) is 19.8 Å². The number of hydrogen-bond donors (Lipinski definition) is 2. The van der Waals surface area contributed by atoms with Crippen LogP contribution in [-0.2, 0) is 10.2 Å². The molecule has 1 atom stereocenters. The van der Waals surface area contributed by atoms with E-state index in [0.717, 1.165) is 19.3 Å². The molecule has 0 spiro atoms. The van der Waals surface area contributed by atoms with Crippen molar-refractivity contribution in [1.82, 2.24) is 9.03 Å². The third kappa shape index (κ3) is 3.22. The average Bonchev–Trinajstić information content (AvgIpc) is 2.04. The molecular formula is C7H16N2O3S. The highest BCUT2D eigenvalue weighted by Crippen LogP contribution is 2.11. The van der Waals surface area contributed by atoms with E-state index in [9.17, 15) is 8.42 Å². The molecule has 0 radical (unpaired) electrons. The standard InChI is InChI=1S/C7H16N2O3S/c1-7(10)8-13(11,12)9-5-3-2-4-6-9/h7-8,10H,2-6H2,1H3. The number of aliphatic hydroxyl groups excluding tert-OH is 1. The van der Waals surface area contributed by atoms with Crippen molar-refractivity contribution in [2.24, 2.45) is 0 Å². The lowest BCUT2D eigenvalue weighted by Crippen LogP contribution is -2.46. The second kappa shape index (κ2) is 4.36. The Bertz CT molecular complexity index is 244. The fraction of sp³-hybridized carbons (Fsp3) is 1.00. The largest absolute Gasteiger partial charge is 0.378 e. The normalized spacial score (nSPS) is 22.9. The van der Waals surface area contributed by atoms with Crippen molar-refractivity contribution < 1.29 is 13.5 Å². The number of rotatable bonds is 3. The van der Waals surface area contributed by atoms with E-state index in [1.807, 2.05) is 0 Å². The highest BCUT2D eigenvalue weighted by atomic mass is 32.2. The van der Waals surface area contributed by atoms with E-state index in [4.69, 9.17) is 5.11 Å². The number of nitrogens with zero attached hydrogens (tertiary/aromatic N) is 1. The molecule has 1 fully saturated rings. The van der Waals surface area contributed by atoms with E-state index in [1.165, 1.54) is 11.2 Å². The van der Waals surface area contributed by atoms with Crippen LogP contribution in [0.5, 0.6) is 0 Å². The van der Waals surface area contributed by atoms with E-state index >= 15 is 0 Å². The molecule has 1 rings (SSSR count). The first-order valence-electron chi connectivity index (χ1n) is 4.48. The quantitative estimate of drug-likeness (QED) is 0.623. The van der Waals surface area contributed by atoms with Crippen molar-refractivity contribution in [3.63, 3.8) is 0 Å². The molecule has 0 aliphatic carbocycles. The molecule has 6 heteroatoms. The summed E-state index contributed by atoms with van der Waals surface area (Å²) in [5, 5.41) is 8.90. The van der Waals surface area contributed by atoms with Gasteiger partial charge in [0.2, 0.25) is 0 Å². The summed E-state index contributed by atoms with van der Waals surface area (Å²) in [5.74, 6) is 0. The summed E-state index contributed by atoms with van der Waals surface area (Å²) in [5.41, 5.74) is 0. The molecule has 1 aliphatic heterocycles. The Morgan fingerprint density at radius 2 is 1.85 bits per heavy atom. The predicted molar refractivity (Wildman–Crippen MR) is 49.2 cm³/mol. The Morgan fingerprint density at radius 3 is 2.31 bits per heavy atom. The van der Waals surface area contributed by atoms with Crippen LogP contribution in [0.4, 0.5) is 0 Å². The van der Waals surface area contributed by atoms with Gasteiger partial charge in [-0.15, -0.1) is 0 Å². The number of nitrogens with one attached hydrogen (secondary N) is 1. The summed E-state index contributed by atoms with van der Waals surface area (Å²) in [6.07, 6.45) is 1.87. The van der Waals surface area contributed by atoms with E-state index in [1.54, 1.807) is 0 Å². The minimum atomic E-state index is -3.45. The fourth-order valence-corrected chi connectivity index (χ4v) is 2.71. The summed E-state index contributed by atoms with van der Waals surface area (Å²) < 4.78 is 26.4. The van der Waals surface area contributed by atoms with E-state index in [-0.39, 0.29) is 0 Å². The lowest BCUT2D eigenvalue weighted by molar-refractivity contribution is 0.179. The molecule has 0 amide bonds. The molecule has 2 N–H and O–H groups in total. The Labute approximate surface area is 78.9 Å². The zero-order chi connectivity index (χ0) is 9.90. The van der Waals surface area contributed by atoms with Crippen LogP contribution in [0, 0.1) is 0 Å².